The molecule has 1 aromatic carbocycles. The number of halogens is 4. The van der Waals surface area contributed by atoms with Crippen molar-refractivity contribution >= 4 is 0 Å². The zero-order chi connectivity index (χ0) is 14.9. The predicted octanol–water partition coefficient (Wildman–Crippen LogP) is 3.93. The molecule has 1 N–H and O–H groups in total. The molecule has 1 rings (SSSR count). The Kier molecular flexibility index (Phi) is 4.44. The highest BCUT2D eigenvalue weighted by atomic mass is 19.2. The van der Waals surface area contributed by atoms with Gasteiger partial charge in [-0.15, -0.1) is 0 Å². The second-order valence-electron chi connectivity index (χ2n) is 4.42. The summed E-state index contributed by atoms with van der Waals surface area (Å²) in [6, 6.07) is 0. The van der Waals surface area contributed by atoms with Crippen LogP contribution in [0.2, 0.25) is 0 Å². The molecule has 1 atom stereocenters. The fourth-order valence-electron chi connectivity index (χ4n) is 1.43. The number of phenolic OH excluding ortho intramolecular Hbond substituents is 1. The number of benzene rings is 1. The van der Waals surface area contributed by atoms with Gasteiger partial charge in [-0.1, -0.05) is 20.4 Å². The summed E-state index contributed by atoms with van der Waals surface area (Å²) in [5.41, 5.74) is 0.507. The number of ether oxygens (including phenoxy) is 1. The minimum absolute atomic E-state index is 0.0343. The maximum atomic E-state index is 13.4. The van der Waals surface area contributed by atoms with Crippen molar-refractivity contribution in [2.45, 2.75) is 26.9 Å². The van der Waals surface area contributed by atoms with Crippen LogP contribution in [-0.4, -0.2) is 11.2 Å². The van der Waals surface area contributed by atoms with E-state index < -0.39 is 40.9 Å². The maximum Gasteiger partial charge on any atom is 0.207 e. The first kappa shape index (κ1) is 15.3. The lowest BCUT2D eigenvalue weighted by atomic mass is 10.0. The Balaban J connectivity index is 3.19. The van der Waals surface area contributed by atoms with E-state index in [-0.39, 0.29) is 5.92 Å². The zero-order valence-electron chi connectivity index (χ0n) is 10.7. The largest absolute Gasteiger partial charge is 0.503 e. The highest BCUT2D eigenvalue weighted by molar-refractivity contribution is 5.37. The highest BCUT2D eigenvalue weighted by Gasteiger charge is 2.28. The molecular formula is C13H14F4O2. The minimum Gasteiger partial charge on any atom is -0.503 e. The normalized spacial score (nSPS) is 12.6. The minimum atomic E-state index is -1.89. The van der Waals surface area contributed by atoms with Crippen molar-refractivity contribution in [3.05, 3.63) is 35.4 Å². The fourth-order valence-corrected chi connectivity index (χ4v) is 1.43. The number of hydrogen-bond donors (Lipinski definition) is 1. The topological polar surface area (TPSA) is 29.5 Å². The Labute approximate surface area is 108 Å². The molecule has 0 aromatic heterocycles. The third-order valence-electron chi connectivity index (χ3n) is 2.76. The van der Waals surface area contributed by atoms with E-state index in [1.54, 1.807) is 13.8 Å². The average Bonchev–Trinajstić information content (AvgIpc) is 2.37. The van der Waals surface area contributed by atoms with Gasteiger partial charge in [-0.25, -0.2) is 0 Å². The monoisotopic (exact) mass is 278 g/mol. The van der Waals surface area contributed by atoms with E-state index in [2.05, 4.69) is 6.58 Å². The van der Waals surface area contributed by atoms with Crippen molar-refractivity contribution in [1.82, 2.24) is 0 Å². The summed E-state index contributed by atoms with van der Waals surface area (Å²) in [6.07, 6.45) is -0.840. The molecule has 19 heavy (non-hydrogen) atoms. The van der Waals surface area contributed by atoms with Crippen LogP contribution in [0.25, 0.3) is 0 Å². The molecule has 0 aliphatic carbocycles. The molecule has 0 amide bonds. The second kappa shape index (κ2) is 5.50. The lowest BCUT2D eigenvalue weighted by Gasteiger charge is -2.20. The van der Waals surface area contributed by atoms with Crippen LogP contribution in [0.4, 0.5) is 17.6 Å². The lowest BCUT2D eigenvalue weighted by Crippen LogP contribution is -2.19. The van der Waals surface area contributed by atoms with E-state index >= 15 is 0 Å². The van der Waals surface area contributed by atoms with Gasteiger partial charge in [0.05, 0.1) is 0 Å². The summed E-state index contributed by atoms with van der Waals surface area (Å²) in [5, 5.41) is 8.82. The molecule has 0 fully saturated rings. The highest BCUT2D eigenvalue weighted by Crippen LogP contribution is 2.34. The molecule has 1 aromatic rings. The molecule has 0 aliphatic rings. The van der Waals surface area contributed by atoms with E-state index in [4.69, 9.17) is 9.84 Å². The molecule has 0 radical (unpaired) electrons. The Hall–Kier alpha value is -1.72. The summed E-state index contributed by atoms with van der Waals surface area (Å²) >= 11 is 0. The number of phenols is 1. The van der Waals surface area contributed by atoms with Crippen molar-refractivity contribution in [3.63, 3.8) is 0 Å². The van der Waals surface area contributed by atoms with Gasteiger partial charge in [-0.3, -0.25) is 0 Å². The molecule has 0 saturated carbocycles. The Morgan fingerprint density at radius 2 is 1.42 bits per heavy atom. The molecule has 106 valence electrons. The van der Waals surface area contributed by atoms with Gasteiger partial charge in [-0.2, -0.15) is 17.6 Å². The number of hydrogen-bond acceptors (Lipinski definition) is 2. The summed E-state index contributed by atoms with van der Waals surface area (Å²) in [7, 11) is 0. The van der Waals surface area contributed by atoms with Crippen LogP contribution in [-0.2, 0) is 0 Å². The van der Waals surface area contributed by atoms with Crippen LogP contribution in [0, 0.1) is 29.2 Å². The Morgan fingerprint density at radius 3 is 1.79 bits per heavy atom. The maximum absolute atomic E-state index is 13.4. The van der Waals surface area contributed by atoms with Crippen molar-refractivity contribution in [3.8, 4) is 11.5 Å². The van der Waals surface area contributed by atoms with Gasteiger partial charge in [0.1, 0.15) is 6.10 Å². The van der Waals surface area contributed by atoms with Crippen LogP contribution in [0.5, 0.6) is 11.5 Å². The Morgan fingerprint density at radius 1 is 1.00 bits per heavy atom. The van der Waals surface area contributed by atoms with Crippen LogP contribution >= 0.6 is 0 Å². The SMILES string of the molecule is C=C(C(C)C)C(C)Oc1c(F)c(F)c(O)c(F)c1F. The van der Waals surface area contributed by atoms with E-state index in [9.17, 15) is 17.6 Å². The molecule has 0 bridgehead atoms. The van der Waals surface area contributed by atoms with Gasteiger partial charge in [0.15, 0.2) is 11.5 Å². The molecular weight excluding hydrogens is 264 g/mol. The first-order valence-corrected chi connectivity index (χ1v) is 5.58. The molecule has 6 heteroatoms. The third-order valence-corrected chi connectivity index (χ3v) is 2.76. The summed E-state index contributed by atoms with van der Waals surface area (Å²) in [4.78, 5) is 0. The van der Waals surface area contributed by atoms with Crippen molar-refractivity contribution in [2.24, 2.45) is 5.92 Å². The standard InChI is InChI=1S/C13H14F4O2/c1-5(2)6(3)7(4)19-13-10(16)8(14)12(18)9(15)11(13)17/h5,7,18H,3H2,1-2,4H3. The molecule has 2 nitrogen and oxygen atoms in total. The van der Waals surface area contributed by atoms with E-state index in [1.807, 2.05) is 0 Å². The first-order chi connectivity index (χ1) is 8.68. The molecule has 0 heterocycles. The summed E-state index contributed by atoms with van der Waals surface area (Å²) in [5.74, 6) is -10.3. The van der Waals surface area contributed by atoms with Gasteiger partial charge in [0.2, 0.25) is 23.3 Å². The van der Waals surface area contributed by atoms with Crippen LogP contribution in [0.1, 0.15) is 20.8 Å². The van der Waals surface area contributed by atoms with E-state index in [0.29, 0.717) is 5.57 Å². The summed E-state index contributed by atoms with van der Waals surface area (Å²) in [6.45, 7) is 8.68. The first-order valence-electron chi connectivity index (χ1n) is 5.58. The van der Waals surface area contributed by atoms with Crippen LogP contribution in [0.3, 0.4) is 0 Å². The third kappa shape index (κ3) is 2.83. The fraction of sp³-hybridized carbons (Fsp3) is 0.385. The van der Waals surface area contributed by atoms with Crippen molar-refractivity contribution in [1.29, 1.82) is 0 Å². The van der Waals surface area contributed by atoms with Crippen LogP contribution in [0.15, 0.2) is 12.2 Å². The zero-order valence-corrected chi connectivity index (χ0v) is 10.7. The van der Waals surface area contributed by atoms with Gasteiger partial charge < -0.3 is 9.84 Å². The smallest absolute Gasteiger partial charge is 0.207 e. The lowest BCUT2D eigenvalue weighted by molar-refractivity contribution is 0.212. The predicted molar refractivity (Wildman–Crippen MR) is 62.0 cm³/mol. The van der Waals surface area contributed by atoms with Crippen LogP contribution < -0.4 is 4.74 Å². The van der Waals surface area contributed by atoms with Gasteiger partial charge >= 0.3 is 0 Å². The van der Waals surface area contributed by atoms with Gasteiger partial charge in [0.25, 0.3) is 0 Å². The van der Waals surface area contributed by atoms with Crippen molar-refractivity contribution < 1.29 is 27.4 Å². The molecule has 0 saturated heterocycles. The number of rotatable bonds is 4. The summed E-state index contributed by atoms with van der Waals surface area (Å²) < 4.78 is 58.0. The Bertz CT molecular complexity index is 483. The second-order valence-corrected chi connectivity index (χ2v) is 4.42. The van der Waals surface area contributed by atoms with Gasteiger partial charge in [-0.05, 0) is 18.4 Å². The quantitative estimate of drug-likeness (QED) is 0.513. The van der Waals surface area contributed by atoms with E-state index in [0.717, 1.165) is 0 Å². The average molecular weight is 278 g/mol. The molecule has 0 spiro atoms. The number of aromatic hydroxyl groups is 1. The molecule has 1 unspecified atom stereocenters. The van der Waals surface area contributed by atoms with Crippen molar-refractivity contribution in [2.75, 3.05) is 0 Å². The van der Waals surface area contributed by atoms with E-state index in [1.165, 1.54) is 6.92 Å². The molecule has 0 aliphatic heterocycles. The van der Waals surface area contributed by atoms with Gasteiger partial charge in [0, 0.05) is 0 Å².